The van der Waals surface area contributed by atoms with Crippen molar-refractivity contribution in [1.82, 2.24) is 0 Å². The molecule has 130 valence electrons. The number of rotatable bonds is 6. The van der Waals surface area contributed by atoms with Gasteiger partial charge in [0, 0.05) is 0 Å². The summed E-state index contributed by atoms with van der Waals surface area (Å²) < 4.78 is 8.18. The van der Waals surface area contributed by atoms with Gasteiger partial charge in [0.15, 0.2) is 0 Å². The summed E-state index contributed by atoms with van der Waals surface area (Å²) in [6.45, 7) is 13.9. The SMILES string of the molecule is CC(O[Si](C)(C)C(C)(C)C)C([Se]c1ccccc1)c1ccccc1. The molecule has 0 N–H and O–H groups in total. The van der Waals surface area contributed by atoms with E-state index in [2.05, 4.69) is 101 Å². The fraction of sp³-hybridized carbons (Fsp3) is 0.429. The molecule has 0 bridgehead atoms. The second kappa shape index (κ2) is 8.01. The molecule has 3 heteroatoms. The van der Waals surface area contributed by atoms with Crippen LogP contribution in [-0.2, 0) is 4.43 Å². The predicted molar refractivity (Wildman–Crippen MR) is 109 cm³/mol. The van der Waals surface area contributed by atoms with Crippen LogP contribution >= 0.6 is 0 Å². The Kier molecular flexibility index (Phi) is 6.50. The Bertz CT molecular complexity index is 619. The van der Waals surface area contributed by atoms with Gasteiger partial charge in [0.05, 0.1) is 0 Å². The van der Waals surface area contributed by atoms with Gasteiger partial charge < -0.3 is 0 Å². The van der Waals surface area contributed by atoms with Crippen molar-refractivity contribution in [2.24, 2.45) is 0 Å². The van der Waals surface area contributed by atoms with E-state index >= 15 is 0 Å². The summed E-state index contributed by atoms with van der Waals surface area (Å²) in [5, 5.41) is 0.238. The summed E-state index contributed by atoms with van der Waals surface area (Å²) in [5.41, 5.74) is 1.40. The molecular formula is C21H30OSeSi. The quantitative estimate of drug-likeness (QED) is 0.603. The van der Waals surface area contributed by atoms with E-state index in [0.29, 0.717) is 19.8 Å². The summed E-state index contributed by atoms with van der Waals surface area (Å²) in [6.07, 6.45) is 0.230. The standard InChI is InChI=1S/C21H30OSeSi/c1-17(22-24(5,6)21(2,3)4)20(18-13-9-7-10-14-18)23-19-15-11-8-12-16-19/h7-17,20H,1-6H3. The Morgan fingerprint density at radius 1 is 0.875 bits per heavy atom. The second-order valence-corrected chi connectivity index (χ2v) is 15.2. The third-order valence-corrected chi connectivity index (χ3v) is 12.5. The second-order valence-electron chi connectivity index (χ2n) is 7.85. The van der Waals surface area contributed by atoms with Crippen LogP contribution < -0.4 is 4.46 Å². The van der Waals surface area contributed by atoms with E-state index in [-0.39, 0.29) is 11.1 Å². The average molecular weight is 406 g/mol. The predicted octanol–water partition coefficient (Wildman–Crippen LogP) is 5.17. The van der Waals surface area contributed by atoms with Gasteiger partial charge in [-0.2, -0.15) is 0 Å². The third kappa shape index (κ3) is 5.06. The van der Waals surface area contributed by atoms with Crippen molar-refractivity contribution in [2.45, 2.75) is 56.7 Å². The van der Waals surface area contributed by atoms with E-state index in [0.717, 1.165) is 0 Å². The molecule has 0 radical (unpaired) electrons. The maximum atomic E-state index is 6.75. The van der Waals surface area contributed by atoms with Crippen LogP contribution in [0.15, 0.2) is 60.7 Å². The van der Waals surface area contributed by atoms with Crippen LogP contribution in [0.5, 0.6) is 0 Å². The number of hydrogen-bond donors (Lipinski definition) is 0. The number of hydrogen-bond acceptors (Lipinski definition) is 1. The zero-order valence-electron chi connectivity index (χ0n) is 15.7. The van der Waals surface area contributed by atoms with Crippen LogP contribution in [0.4, 0.5) is 0 Å². The first-order chi connectivity index (χ1) is 11.2. The van der Waals surface area contributed by atoms with Gasteiger partial charge in [-0.15, -0.1) is 0 Å². The van der Waals surface area contributed by atoms with Crippen molar-refractivity contribution in [1.29, 1.82) is 0 Å². The van der Waals surface area contributed by atoms with Crippen molar-refractivity contribution in [3.05, 3.63) is 66.2 Å². The summed E-state index contributed by atoms with van der Waals surface area (Å²) in [6, 6.07) is 21.7. The first kappa shape index (κ1) is 19.5. The first-order valence-corrected chi connectivity index (χ1v) is 13.4. The van der Waals surface area contributed by atoms with Crippen LogP contribution in [0, 0.1) is 0 Å². The van der Waals surface area contributed by atoms with Gasteiger partial charge >= 0.3 is 155 Å². The molecule has 0 saturated heterocycles. The molecule has 24 heavy (non-hydrogen) atoms. The topological polar surface area (TPSA) is 9.23 Å². The van der Waals surface area contributed by atoms with Gasteiger partial charge in [-0.1, -0.05) is 0 Å². The zero-order valence-corrected chi connectivity index (χ0v) is 18.5. The van der Waals surface area contributed by atoms with Gasteiger partial charge in [-0.05, 0) is 0 Å². The van der Waals surface area contributed by atoms with Crippen molar-refractivity contribution in [2.75, 3.05) is 0 Å². The summed E-state index contributed by atoms with van der Waals surface area (Å²) >= 11 is 0.352. The Hall–Kier alpha value is -0.864. The van der Waals surface area contributed by atoms with E-state index in [4.69, 9.17) is 4.43 Å². The van der Waals surface area contributed by atoms with Gasteiger partial charge in [-0.25, -0.2) is 0 Å². The Labute approximate surface area is 155 Å². The number of benzene rings is 2. The van der Waals surface area contributed by atoms with Crippen LogP contribution in [0.1, 0.15) is 38.1 Å². The van der Waals surface area contributed by atoms with Crippen LogP contribution in [0.3, 0.4) is 0 Å². The molecule has 2 aromatic rings. The molecule has 2 unspecified atom stereocenters. The molecular weight excluding hydrogens is 375 g/mol. The molecule has 0 saturated carbocycles. The summed E-state index contributed by atoms with van der Waals surface area (Å²) in [5.74, 6) is 0. The molecule has 2 rings (SSSR count). The van der Waals surface area contributed by atoms with Crippen LogP contribution in [0.25, 0.3) is 0 Å². The van der Waals surface area contributed by atoms with Crippen molar-refractivity contribution < 1.29 is 4.43 Å². The molecule has 0 aliphatic heterocycles. The van der Waals surface area contributed by atoms with E-state index < -0.39 is 8.32 Å². The third-order valence-electron chi connectivity index (χ3n) is 4.85. The monoisotopic (exact) mass is 406 g/mol. The summed E-state index contributed by atoms with van der Waals surface area (Å²) in [4.78, 5) is 0.440. The van der Waals surface area contributed by atoms with Gasteiger partial charge in [0.25, 0.3) is 0 Å². The van der Waals surface area contributed by atoms with E-state index in [1.807, 2.05) is 0 Å². The minimum absolute atomic E-state index is 0.230. The van der Waals surface area contributed by atoms with E-state index in [1.54, 1.807) is 0 Å². The normalized spacial score (nSPS) is 15.1. The van der Waals surface area contributed by atoms with Gasteiger partial charge in [-0.3, -0.25) is 0 Å². The zero-order chi connectivity index (χ0) is 17.8. The molecule has 0 heterocycles. The maximum absolute atomic E-state index is 6.75. The molecule has 0 spiro atoms. The Balaban J connectivity index is 2.25. The molecule has 1 nitrogen and oxygen atoms in total. The molecule has 0 fully saturated rings. The fourth-order valence-electron chi connectivity index (χ4n) is 2.43. The molecule has 0 aromatic heterocycles. The first-order valence-electron chi connectivity index (χ1n) is 8.65. The molecule has 2 atom stereocenters. The van der Waals surface area contributed by atoms with Crippen molar-refractivity contribution in [3.63, 3.8) is 0 Å². The Morgan fingerprint density at radius 3 is 1.88 bits per heavy atom. The molecule has 0 amide bonds. The Morgan fingerprint density at radius 2 is 1.38 bits per heavy atom. The van der Waals surface area contributed by atoms with E-state index in [1.165, 1.54) is 10.0 Å². The van der Waals surface area contributed by atoms with Crippen molar-refractivity contribution in [3.8, 4) is 0 Å². The van der Waals surface area contributed by atoms with Crippen LogP contribution in [0.2, 0.25) is 18.1 Å². The van der Waals surface area contributed by atoms with E-state index in [9.17, 15) is 0 Å². The fourth-order valence-corrected chi connectivity index (χ4v) is 6.47. The minimum atomic E-state index is -1.77. The van der Waals surface area contributed by atoms with Gasteiger partial charge in [0.1, 0.15) is 0 Å². The molecule has 2 aromatic carbocycles. The van der Waals surface area contributed by atoms with Gasteiger partial charge in [0.2, 0.25) is 0 Å². The summed E-state index contributed by atoms with van der Waals surface area (Å²) in [7, 11) is -1.77. The van der Waals surface area contributed by atoms with Crippen LogP contribution in [-0.4, -0.2) is 29.4 Å². The average Bonchev–Trinajstić information content (AvgIpc) is 2.53. The molecule has 0 aliphatic rings. The molecule has 0 aliphatic carbocycles. The van der Waals surface area contributed by atoms with Crippen molar-refractivity contribution >= 4 is 27.7 Å².